The molecule has 4 nitrogen and oxygen atoms in total. The fourth-order valence-corrected chi connectivity index (χ4v) is 1.73. The molecule has 1 saturated heterocycles. The average molecular weight is 200 g/mol. The van der Waals surface area contributed by atoms with Gasteiger partial charge in [0.1, 0.15) is 5.15 Å². The van der Waals surface area contributed by atoms with Gasteiger partial charge in [0, 0.05) is 24.3 Å². The minimum atomic E-state index is 0.215. The zero-order chi connectivity index (χ0) is 9.26. The Morgan fingerprint density at radius 3 is 3.08 bits per heavy atom. The highest BCUT2D eigenvalue weighted by atomic mass is 35.5. The maximum Gasteiger partial charge on any atom is 0.221 e. The van der Waals surface area contributed by atoms with Gasteiger partial charge in [-0.2, -0.15) is 0 Å². The molecule has 0 amide bonds. The summed E-state index contributed by atoms with van der Waals surface area (Å²) in [4.78, 5) is 7.81. The smallest absolute Gasteiger partial charge is 0.221 e. The number of hydrogen-bond donors (Lipinski definition) is 1. The Kier molecular flexibility index (Phi) is 2.33. The standard InChI is InChI=1S/C8H10ClN3O/c9-7-6(3-11-8(10)12-7)5-1-2-13-4-5/h3,5H,1-2,4H2,(H2,10,11,12). The van der Waals surface area contributed by atoms with E-state index in [4.69, 9.17) is 22.1 Å². The molecule has 0 aliphatic carbocycles. The number of halogens is 1. The molecule has 2 heterocycles. The molecular weight excluding hydrogens is 190 g/mol. The third-order valence-corrected chi connectivity index (χ3v) is 2.46. The van der Waals surface area contributed by atoms with E-state index in [0.29, 0.717) is 17.7 Å². The second kappa shape index (κ2) is 3.47. The first kappa shape index (κ1) is 8.72. The molecule has 2 rings (SSSR count). The van der Waals surface area contributed by atoms with Crippen molar-refractivity contribution in [3.63, 3.8) is 0 Å². The highest BCUT2D eigenvalue weighted by molar-refractivity contribution is 6.30. The third-order valence-electron chi connectivity index (χ3n) is 2.16. The molecular formula is C8H10ClN3O. The summed E-state index contributed by atoms with van der Waals surface area (Å²) >= 11 is 5.92. The van der Waals surface area contributed by atoms with Gasteiger partial charge in [-0.1, -0.05) is 11.6 Å². The summed E-state index contributed by atoms with van der Waals surface area (Å²) in [6, 6.07) is 0. The maximum absolute atomic E-state index is 5.92. The summed E-state index contributed by atoms with van der Waals surface area (Å²) in [5.74, 6) is 0.542. The lowest BCUT2D eigenvalue weighted by Crippen LogP contribution is -2.03. The molecule has 1 unspecified atom stereocenters. The van der Waals surface area contributed by atoms with E-state index in [2.05, 4.69) is 9.97 Å². The van der Waals surface area contributed by atoms with Crippen molar-refractivity contribution in [3.8, 4) is 0 Å². The van der Waals surface area contributed by atoms with Crippen LogP contribution in [0, 0.1) is 0 Å². The van der Waals surface area contributed by atoms with Gasteiger partial charge in [-0.25, -0.2) is 9.97 Å². The summed E-state index contributed by atoms with van der Waals surface area (Å²) in [6.45, 7) is 1.48. The lowest BCUT2D eigenvalue weighted by atomic mass is 10.0. The summed E-state index contributed by atoms with van der Waals surface area (Å²) in [6.07, 6.45) is 2.66. The fourth-order valence-electron chi connectivity index (χ4n) is 1.44. The van der Waals surface area contributed by atoms with Crippen LogP contribution in [0.4, 0.5) is 5.95 Å². The molecule has 5 heteroatoms. The lowest BCUT2D eigenvalue weighted by Gasteiger charge is -2.08. The van der Waals surface area contributed by atoms with Crippen molar-refractivity contribution in [1.82, 2.24) is 9.97 Å². The Morgan fingerprint density at radius 2 is 2.46 bits per heavy atom. The molecule has 1 atom stereocenters. The van der Waals surface area contributed by atoms with Crippen molar-refractivity contribution < 1.29 is 4.74 Å². The van der Waals surface area contributed by atoms with E-state index >= 15 is 0 Å². The van der Waals surface area contributed by atoms with Crippen LogP contribution in [0.5, 0.6) is 0 Å². The zero-order valence-corrected chi connectivity index (χ0v) is 7.79. The Hall–Kier alpha value is -0.870. The van der Waals surface area contributed by atoms with Crippen molar-refractivity contribution in [2.24, 2.45) is 0 Å². The zero-order valence-electron chi connectivity index (χ0n) is 7.03. The molecule has 0 saturated carbocycles. The minimum Gasteiger partial charge on any atom is -0.381 e. The molecule has 2 N–H and O–H groups in total. The van der Waals surface area contributed by atoms with Gasteiger partial charge in [0.25, 0.3) is 0 Å². The molecule has 1 aliphatic heterocycles. The Labute approximate surface area is 81.1 Å². The predicted molar refractivity (Wildman–Crippen MR) is 49.6 cm³/mol. The predicted octanol–water partition coefficient (Wildman–Crippen LogP) is 1.22. The van der Waals surface area contributed by atoms with E-state index < -0.39 is 0 Å². The number of anilines is 1. The van der Waals surface area contributed by atoms with E-state index in [9.17, 15) is 0 Å². The van der Waals surface area contributed by atoms with Crippen LogP contribution >= 0.6 is 11.6 Å². The van der Waals surface area contributed by atoms with Crippen molar-refractivity contribution in [1.29, 1.82) is 0 Å². The first-order chi connectivity index (χ1) is 6.27. The van der Waals surface area contributed by atoms with Gasteiger partial charge >= 0.3 is 0 Å². The van der Waals surface area contributed by atoms with Gasteiger partial charge in [0.05, 0.1) is 6.61 Å². The molecule has 1 aromatic rings. The van der Waals surface area contributed by atoms with E-state index in [1.807, 2.05) is 0 Å². The molecule has 1 fully saturated rings. The highest BCUT2D eigenvalue weighted by Crippen LogP contribution is 2.29. The van der Waals surface area contributed by atoms with Crippen LogP contribution in [0.15, 0.2) is 6.20 Å². The summed E-state index contributed by atoms with van der Waals surface area (Å²) in [5, 5.41) is 0.447. The summed E-state index contributed by atoms with van der Waals surface area (Å²) in [7, 11) is 0. The number of ether oxygens (including phenoxy) is 1. The monoisotopic (exact) mass is 199 g/mol. The molecule has 0 bridgehead atoms. The van der Waals surface area contributed by atoms with Crippen molar-refractivity contribution in [2.45, 2.75) is 12.3 Å². The van der Waals surface area contributed by atoms with Gasteiger partial charge in [0.15, 0.2) is 0 Å². The Morgan fingerprint density at radius 1 is 1.62 bits per heavy atom. The van der Waals surface area contributed by atoms with Gasteiger partial charge in [0.2, 0.25) is 5.95 Å². The maximum atomic E-state index is 5.92. The Bertz CT molecular complexity index is 312. The van der Waals surface area contributed by atoms with Crippen LogP contribution in [0.25, 0.3) is 0 Å². The number of nitrogens with zero attached hydrogens (tertiary/aromatic N) is 2. The molecule has 0 radical (unpaired) electrons. The van der Waals surface area contributed by atoms with E-state index in [1.165, 1.54) is 0 Å². The van der Waals surface area contributed by atoms with Crippen molar-refractivity contribution in [2.75, 3.05) is 18.9 Å². The number of aromatic nitrogens is 2. The lowest BCUT2D eigenvalue weighted by molar-refractivity contribution is 0.194. The average Bonchev–Trinajstić information content (AvgIpc) is 2.56. The Balaban J connectivity index is 2.29. The van der Waals surface area contributed by atoms with Crippen LogP contribution in [0.3, 0.4) is 0 Å². The largest absolute Gasteiger partial charge is 0.381 e. The number of nitrogen functional groups attached to an aromatic ring is 1. The minimum absolute atomic E-state index is 0.215. The second-order valence-corrected chi connectivity index (χ2v) is 3.39. The van der Waals surface area contributed by atoms with Crippen LogP contribution in [-0.2, 0) is 4.74 Å². The number of rotatable bonds is 1. The molecule has 0 aromatic carbocycles. The SMILES string of the molecule is Nc1ncc(C2CCOC2)c(Cl)n1. The van der Waals surface area contributed by atoms with Gasteiger partial charge in [-0.15, -0.1) is 0 Å². The van der Waals surface area contributed by atoms with Gasteiger partial charge in [-0.3, -0.25) is 0 Å². The van der Waals surface area contributed by atoms with E-state index in [-0.39, 0.29) is 5.95 Å². The molecule has 1 aliphatic rings. The van der Waals surface area contributed by atoms with Crippen LogP contribution < -0.4 is 5.73 Å². The first-order valence-electron chi connectivity index (χ1n) is 4.13. The van der Waals surface area contributed by atoms with E-state index in [0.717, 1.165) is 18.6 Å². The number of nitrogens with two attached hydrogens (primary N) is 1. The molecule has 70 valence electrons. The summed E-state index contributed by atoms with van der Waals surface area (Å²) < 4.78 is 5.25. The fraction of sp³-hybridized carbons (Fsp3) is 0.500. The number of hydrogen-bond acceptors (Lipinski definition) is 4. The highest BCUT2D eigenvalue weighted by Gasteiger charge is 2.21. The van der Waals surface area contributed by atoms with Crippen LogP contribution in [0.2, 0.25) is 5.15 Å². The van der Waals surface area contributed by atoms with Gasteiger partial charge < -0.3 is 10.5 Å². The summed E-state index contributed by atoms with van der Waals surface area (Å²) in [5.41, 5.74) is 6.33. The van der Waals surface area contributed by atoms with Crippen molar-refractivity contribution >= 4 is 17.5 Å². The quantitative estimate of drug-likeness (QED) is 0.691. The van der Waals surface area contributed by atoms with Crippen LogP contribution in [0.1, 0.15) is 17.9 Å². The molecule has 0 spiro atoms. The van der Waals surface area contributed by atoms with Crippen LogP contribution in [-0.4, -0.2) is 23.2 Å². The van der Waals surface area contributed by atoms with Crippen molar-refractivity contribution in [3.05, 3.63) is 16.9 Å². The van der Waals surface area contributed by atoms with Gasteiger partial charge in [-0.05, 0) is 6.42 Å². The topological polar surface area (TPSA) is 61.0 Å². The van der Waals surface area contributed by atoms with E-state index in [1.54, 1.807) is 6.20 Å². The normalized spacial score (nSPS) is 22.1. The first-order valence-corrected chi connectivity index (χ1v) is 4.51. The molecule has 13 heavy (non-hydrogen) atoms. The molecule has 1 aromatic heterocycles. The second-order valence-electron chi connectivity index (χ2n) is 3.03. The third kappa shape index (κ3) is 1.73.